The van der Waals surface area contributed by atoms with Crippen LogP contribution in [0.2, 0.25) is 5.02 Å². The van der Waals surface area contributed by atoms with Gasteiger partial charge < -0.3 is 20.7 Å². The van der Waals surface area contributed by atoms with Crippen LogP contribution in [0.15, 0.2) is 70.7 Å². The van der Waals surface area contributed by atoms with E-state index in [0.717, 1.165) is 5.56 Å². The number of aromatic nitrogens is 3. The molecule has 11 heteroatoms. The highest BCUT2D eigenvalue weighted by Crippen LogP contribution is 2.24. The van der Waals surface area contributed by atoms with E-state index < -0.39 is 23.4 Å². The summed E-state index contributed by atoms with van der Waals surface area (Å²) in [5.41, 5.74) is 0.643. The Kier molecular flexibility index (Phi) is 7.45. The van der Waals surface area contributed by atoms with Gasteiger partial charge in [-0.25, -0.2) is 9.97 Å². The van der Waals surface area contributed by atoms with Gasteiger partial charge in [0.1, 0.15) is 11.2 Å². The van der Waals surface area contributed by atoms with E-state index in [1.165, 1.54) is 42.2 Å². The molecule has 0 saturated carbocycles. The molecule has 178 valence electrons. The summed E-state index contributed by atoms with van der Waals surface area (Å²) in [6, 6.07) is 14.2. The molecule has 35 heavy (non-hydrogen) atoms. The molecule has 2 heterocycles. The van der Waals surface area contributed by atoms with Crippen molar-refractivity contribution in [3.63, 3.8) is 0 Å². The number of halogens is 1. The number of pyridine rings is 1. The summed E-state index contributed by atoms with van der Waals surface area (Å²) in [4.78, 5) is 49.2. The fourth-order valence-corrected chi connectivity index (χ4v) is 3.86. The van der Waals surface area contributed by atoms with Crippen LogP contribution in [0, 0.1) is 0 Å². The van der Waals surface area contributed by atoms with Crippen LogP contribution in [0.25, 0.3) is 11.0 Å². The Labute approximate surface area is 209 Å². The molecule has 0 bridgehead atoms. The van der Waals surface area contributed by atoms with Gasteiger partial charge in [0.15, 0.2) is 5.16 Å². The summed E-state index contributed by atoms with van der Waals surface area (Å²) in [7, 11) is 0. The highest BCUT2D eigenvalue weighted by molar-refractivity contribution is 7.98. The van der Waals surface area contributed by atoms with Gasteiger partial charge >= 0.3 is 0 Å². The summed E-state index contributed by atoms with van der Waals surface area (Å²) in [6.07, 6.45) is 3.33. The Balaban J connectivity index is 1.56. The van der Waals surface area contributed by atoms with Crippen molar-refractivity contribution in [3.8, 4) is 0 Å². The maximum Gasteiger partial charge on any atom is 0.262 e. The Hall–Kier alpha value is -3.73. The number of aliphatic hydroxyl groups is 1. The lowest BCUT2D eigenvalue weighted by Crippen LogP contribution is -2.31. The zero-order valence-corrected chi connectivity index (χ0v) is 20.0. The quantitative estimate of drug-likeness (QED) is 0.221. The van der Waals surface area contributed by atoms with Crippen LogP contribution < -0.4 is 16.2 Å². The Morgan fingerprint density at radius 2 is 1.91 bits per heavy atom. The second-order valence-corrected chi connectivity index (χ2v) is 8.62. The third-order valence-corrected chi connectivity index (χ3v) is 6.06. The molecule has 0 saturated heterocycles. The molecule has 0 radical (unpaired) electrons. The number of benzene rings is 2. The van der Waals surface area contributed by atoms with Crippen molar-refractivity contribution in [2.24, 2.45) is 0 Å². The number of H-pyrrole nitrogens is 1. The van der Waals surface area contributed by atoms with Crippen LogP contribution in [0.1, 0.15) is 32.3 Å². The molecule has 9 nitrogen and oxygen atoms in total. The summed E-state index contributed by atoms with van der Waals surface area (Å²) >= 11 is 7.56. The number of thioether (sulfide) groups is 1. The number of rotatable bonds is 7. The number of carbonyl (C=O) groups excluding carboxylic acids is 2. The number of fused-ring (bicyclic) bond motifs is 1. The van der Waals surface area contributed by atoms with Gasteiger partial charge in [-0.1, -0.05) is 53.7 Å². The van der Waals surface area contributed by atoms with Crippen molar-refractivity contribution in [1.82, 2.24) is 20.3 Å². The van der Waals surface area contributed by atoms with E-state index in [4.69, 9.17) is 11.6 Å². The standard InChI is InChI=1S/C24H20ClN5O4S/c1-35-24-26-11-15-9-16(23(34)29-20(15)30-24)22(33)27-18-10-14(7-8-17(18)25)21(32)28-19(12-31)13-5-3-2-4-6-13/h2-11,19,31H,12H2,1H3,(H,27,33)(H,28,32)(H,26,29,30,34). The van der Waals surface area contributed by atoms with Crippen LogP contribution in [0.3, 0.4) is 0 Å². The van der Waals surface area contributed by atoms with E-state index in [1.54, 1.807) is 12.1 Å². The molecule has 4 rings (SSSR count). The van der Waals surface area contributed by atoms with E-state index in [-0.39, 0.29) is 28.4 Å². The largest absolute Gasteiger partial charge is 0.394 e. The van der Waals surface area contributed by atoms with Crippen molar-refractivity contribution < 1.29 is 14.7 Å². The van der Waals surface area contributed by atoms with Crippen LogP contribution in [0.5, 0.6) is 0 Å². The molecule has 0 aliphatic rings. The number of aromatic amines is 1. The van der Waals surface area contributed by atoms with E-state index in [0.29, 0.717) is 16.2 Å². The van der Waals surface area contributed by atoms with Crippen LogP contribution in [0.4, 0.5) is 5.69 Å². The van der Waals surface area contributed by atoms with Gasteiger partial charge in [-0.2, -0.15) is 0 Å². The Morgan fingerprint density at radius 1 is 1.14 bits per heavy atom. The van der Waals surface area contributed by atoms with Crippen LogP contribution in [-0.2, 0) is 0 Å². The van der Waals surface area contributed by atoms with Crippen molar-refractivity contribution in [3.05, 3.63) is 92.9 Å². The monoisotopic (exact) mass is 509 g/mol. The molecule has 0 aliphatic carbocycles. The molecule has 4 N–H and O–H groups in total. The van der Waals surface area contributed by atoms with Gasteiger partial charge in [0.25, 0.3) is 17.4 Å². The first-order chi connectivity index (χ1) is 16.9. The maximum atomic E-state index is 12.9. The fraction of sp³-hybridized carbons (Fsp3) is 0.125. The SMILES string of the molecule is CSc1ncc2cc(C(=O)Nc3cc(C(=O)NC(CO)c4ccccc4)ccc3Cl)c(=O)[nH]c2n1. The molecule has 2 aromatic carbocycles. The number of hydrogen-bond donors (Lipinski definition) is 4. The zero-order chi connectivity index (χ0) is 24.9. The first-order valence-corrected chi connectivity index (χ1v) is 12.0. The van der Waals surface area contributed by atoms with Crippen molar-refractivity contribution >= 4 is 51.9 Å². The van der Waals surface area contributed by atoms with Crippen LogP contribution in [-0.4, -0.2) is 44.7 Å². The zero-order valence-electron chi connectivity index (χ0n) is 18.4. The summed E-state index contributed by atoms with van der Waals surface area (Å²) in [5.74, 6) is -1.18. The van der Waals surface area contributed by atoms with Gasteiger partial charge in [-0.3, -0.25) is 14.4 Å². The Bertz CT molecular complexity index is 1460. The third kappa shape index (κ3) is 5.51. The normalized spacial score (nSPS) is 11.7. The second-order valence-electron chi connectivity index (χ2n) is 7.44. The molecular weight excluding hydrogens is 490 g/mol. The summed E-state index contributed by atoms with van der Waals surface area (Å²) in [5, 5.41) is 16.2. The average molecular weight is 510 g/mol. The first kappa shape index (κ1) is 24.4. The van der Waals surface area contributed by atoms with Crippen molar-refractivity contribution in [2.75, 3.05) is 18.2 Å². The van der Waals surface area contributed by atoms with Gasteiger partial charge in [0.2, 0.25) is 0 Å². The van der Waals surface area contributed by atoms with Gasteiger partial charge in [-0.15, -0.1) is 0 Å². The molecular formula is C24H20ClN5O4S. The topological polar surface area (TPSA) is 137 Å². The number of carbonyl (C=O) groups is 2. The van der Waals surface area contributed by atoms with Gasteiger partial charge in [0.05, 0.1) is 23.4 Å². The number of nitrogens with zero attached hydrogens (tertiary/aromatic N) is 2. The number of anilines is 1. The van der Waals surface area contributed by atoms with Crippen LogP contribution >= 0.6 is 23.4 Å². The summed E-state index contributed by atoms with van der Waals surface area (Å²) in [6.45, 7) is -0.292. The minimum atomic E-state index is -0.709. The molecule has 2 amide bonds. The van der Waals surface area contributed by atoms with Gasteiger partial charge in [-0.05, 0) is 36.1 Å². The number of aliphatic hydroxyl groups excluding tert-OH is 1. The van der Waals surface area contributed by atoms with E-state index in [9.17, 15) is 19.5 Å². The molecule has 0 spiro atoms. The lowest BCUT2D eigenvalue weighted by atomic mass is 10.1. The fourth-order valence-electron chi connectivity index (χ4n) is 3.36. The molecule has 1 unspecified atom stereocenters. The Morgan fingerprint density at radius 3 is 2.63 bits per heavy atom. The average Bonchev–Trinajstić information content (AvgIpc) is 2.88. The number of amides is 2. The lowest BCUT2D eigenvalue weighted by molar-refractivity contribution is 0.0915. The van der Waals surface area contributed by atoms with Crippen molar-refractivity contribution in [1.29, 1.82) is 0 Å². The molecule has 4 aromatic rings. The second kappa shape index (κ2) is 10.7. The summed E-state index contributed by atoms with van der Waals surface area (Å²) < 4.78 is 0. The highest BCUT2D eigenvalue weighted by atomic mass is 35.5. The van der Waals surface area contributed by atoms with Crippen molar-refractivity contribution in [2.45, 2.75) is 11.2 Å². The minimum Gasteiger partial charge on any atom is -0.394 e. The predicted octanol–water partition coefficient (Wildman–Crippen LogP) is 3.41. The number of hydrogen-bond acceptors (Lipinski definition) is 7. The molecule has 0 aliphatic heterocycles. The highest BCUT2D eigenvalue weighted by Gasteiger charge is 2.18. The predicted molar refractivity (Wildman–Crippen MR) is 135 cm³/mol. The van der Waals surface area contributed by atoms with E-state index in [1.807, 2.05) is 24.5 Å². The molecule has 2 aromatic heterocycles. The molecule has 0 fully saturated rings. The minimum absolute atomic E-state index is 0.151. The third-order valence-electron chi connectivity index (χ3n) is 5.17. The lowest BCUT2D eigenvalue weighted by Gasteiger charge is -2.17. The maximum absolute atomic E-state index is 12.9. The van der Waals surface area contributed by atoms with E-state index in [2.05, 4.69) is 25.6 Å². The number of nitrogens with one attached hydrogen (secondary N) is 3. The van der Waals surface area contributed by atoms with E-state index >= 15 is 0 Å². The smallest absolute Gasteiger partial charge is 0.262 e. The van der Waals surface area contributed by atoms with Gasteiger partial charge in [0, 0.05) is 17.1 Å². The molecule has 1 atom stereocenters. The first-order valence-electron chi connectivity index (χ1n) is 10.4.